The van der Waals surface area contributed by atoms with Gasteiger partial charge in [0.15, 0.2) is 6.61 Å². The number of benzene rings is 1. The van der Waals surface area contributed by atoms with Gasteiger partial charge in [-0.15, -0.1) is 0 Å². The Morgan fingerprint density at radius 2 is 2.19 bits per heavy atom. The predicted molar refractivity (Wildman–Crippen MR) is 78.2 cm³/mol. The molecule has 0 aliphatic heterocycles. The monoisotopic (exact) mass is 291 g/mol. The average Bonchev–Trinajstić information content (AvgIpc) is 3.29. The summed E-state index contributed by atoms with van der Waals surface area (Å²) in [5.41, 5.74) is 1.15. The van der Waals surface area contributed by atoms with Gasteiger partial charge in [-0.05, 0) is 42.9 Å². The van der Waals surface area contributed by atoms with E-state index in [9.17, 15) is 9.59 Å². The fraction of sp³-hybridized carbons (Fsp3) is 0.500. The van der Waals surface area contributed by atoms with Gasteiger partial charge in [0.25, 0.3) is 5.91 Å². The molecule has 1 atom stereocenters. The molecular weight excluding hydrogens is 270 g/mol. The van der Waals surface area contributed by atoms with E-state index in [1.165, 1.54) is 0 Å². The molecule has 1 unspecified atom stereocenters. The molecule has 1 fully saturated rings. The first-order valence-corrected chi connectivity index (χ1v) is 7.31. The molecule has 0 bridgehead atoms. The van der Waals surface area contributed by atoms with E-state index in [0.717, 1.165) is 24.8 Å². The van der Waals surface area contributed by atoms with Crippen LogP contribution in [-0.2, 0) is 16.0 Å². The minimum absolute atomic E-state index is 0.0261. The summed E-state index contributed by atoms with van der Waals surface area (Å²) in [6, 6.07) is 7.33. The maximum absolute atomic E-state index is 11.9. The van der Waals surface area contributed by atoms with Gasteiger partial charge in [0.05, 0.1) is 6.42 Å². The summed E-state index contributed by atoms with van der Waals surface area (Å²) >= 11 is 0. The summed E-state index contributed by atoms with van der Waals surface area (Å²) in [5, 5.41) is 11.6. The lowest BCUT2D eigenvalue weighted by Crippen LogP contribution is -2.40. The summed E-state index contributed by atoms with van der Waals surface area (Å²) in [6.45, 7) is 1.97. The number of carboxylic acid groups (broad SMARTS) is 1. The average molecular weight is 291 g/mol. The van der Waals surface area contributed by atoms with Gasteiger partial charge >= 0.3 is 5.97 Å². The van der Waals surface area contributed by atoms with E-state index >= 15 is 0 Å². The van der Waals surface area contributed by atoms with Crippen molar-refractivity contribution in [3.8, 4) is 5.75 Å². The van der Waals surface area contributed by atoms with Crippen LogP contribution in [0.4, 0.5) is 0 Å². The van der Waals surface area contributed by atoms with Crippen LogP contribution in [0.5, 0.6) is 5.75 Å². The highest BCUT2D eigenvalue weighted by Gasteiger charge is 2.33. The van der Waals surface area contributed by atoms with Crippen molar-refractivity contribution in [1.82, 2.24) is 5.32 Å². The summed E-state index contributed by atoms with van der Waals surface area (Å²) in [6.07, 6.45) is 2.85. The number of amides is 1. The lowest BCUT2D eigenvalue weighted by atomic mass is 10.1. The van der Waals surface area contributed by atoms with Crippen LogP contribution >= 0.6 is 0 Å². The van der Waals surface area contributed by atoms with Crippen LogP contribution in [0, 0.1) is 5.92 Å². The fourth-order valence-corrected chi connectivity index (χ4v) is 2.27. The predicted octanol–water partition coefficient (Wildman–Crippen LogP) is 2.00. The van der Waals surface area contributed by atoms with E-state index in [0.29, 0.717) is 11.7 Å². The van der Waals surface area contributed by atoms with Crippen molar-refractivity contribution in [3.63, 3.8) is 0 Å². The maximum atomic E-state index is 11.9. The van der Waals surface area contributed by atoms with Gasteiger partial charge in [0.1, 0.15) is 5.75 Å². The summed E-state index contributed by atoms with van der Waals surface area (Å²) in [5.74, 6) is -0.196. The minimum Gasteiger partial charge on any atom is -0.484 e. The Bertz CT molecular complexity index is 511. The van der Waals surface area contributed by atoms with Gasteiger partial charge in [-0.1, -0.05) is 19.1 Å². The van der Waals surface area contributed by atoms with Crippen LogP contribution in [0.3, 0.4) is 0 Å². The third-order valence-corrected chi connectivity index (χ3v) is 3.61. The molecule has 1 amide bonds. The van der Waals surface area contributed by atoms with Crippen LogP contribution in [-0.4, -0.2) is 29.6 Å². The molecule has 0 spiro atoms. The number of nitrogens with one attached hydrogen (secondary N) is 1. The lowest BCUT2D eigenvalue weighted by molar-refractivity contribution is -0.138. The number of aliphatic carboxylic acids is 1. The molecule has 5 nitrogen and oxygen atoms in total. The normalized spacial score (nSPS) is 15.3. The Hall–Kier alpha value is -2.04. The highest BCUT2D eigenvalue weighted by molar-refractivity contribution is 5.79. The zero-order valence-corrected chi connectivity index (χ0v) is 12.2. The molecule has 1 saturated carbocycles. The van der Waals surface area contributed by atoms with Crippen molar-refractivity contribution < 1.29 is 19.4 Å². The van der Waals surface area contributed by atoms with Crippen molar-refractivity contribution in [3.05, 3.63) is 29.8 Å². The SMILES string of the molecule is CCc1cccc(OCC(=O)NC(CC(=O)O)C2CC2)c1. The Labute approximate surface area is 124 Å². The number of hydrogen-bond donors (Lipinski definition) is 2. The molecule has 21 heavy (non-hydrogen) atoms. The number of ether oxygens (including phenoxy) is 1. The molecule has 0 radical (unpaired) electrons. The number of carboxylic acids is 1. The topological polar surface area (TPSA) is 75.6 Å². The Kier molecular flexibility index (Phi) is 5.20. The minimum atomic E-state index is -0.885. The van der Waals surface area contributed by atoms with Crippen molar-refractivity contribution in [2.24, 2.45) is 5.92 Å². The quantitative estimate of drug-likeness (QED) is 0.768. The third-order valence-electron chi connectivity index (χ3n) is 3.61. The number of carbonyl (C=O) groups is 2. The zero-order chi connectivity index (χ0) is 15.2. The lowest BCUT2D eigenvalue weighted by Gasteiger charge is -2.16. The van der Waals surface area contributed by atoms with E-state index in [1.807, 2.05) is 24.3 Å². The maximum Gasteiger partial charge on any atom is 0.305 e. The molecule has 0 heterocycles. The van der Waals surface area contributed by atoms with Crippen molar-refractivity contribution in [2.45, 2.75) is 38.6 Å². The first kappa shape index (κ1) is 15.4. The van der Waals surface area contributed by atoms with E-state index < -0.39 is 5.97 Å². The molecule has 0 saturated heterocycles. The summed E-state index contributed by atoms with van der Waals surface area (Å²) in [4.78, 5) is 22.7. The highest BCUT2D eigenvalue weighted by atomic mass is 16.5. The Balaban J connectivity index is 1.81. The van der Waals surface area contributed by atoms with Gasteiger partial charge in [-0.3, -0.25) is 9.59 Å². The first-order valence-electron chi connectivity index (χ1n) is 7.31. The fourth-order valence-electron chi connectivity index (χ4n) is 2.27. The zero-order valence-electron chi connectivity index (χ0n) is 12.2. The van der Waals surface area contributed by atoms with Gasteiger partial charge in [0.2, 0.25) is 0 Å². The Morgan fingerprint density at radius 3 is 2.81 bits per heavy atom. The summed E-state index contributed by atoms with van der Waals surface area (Å²) < 4.78 is 5.46. The first-order chi connectivity index (χ1) is 10.1. The number of hydrogen-bond acceptors (Lipinski definition) is 3. The molecule has 2 rings (SSSR count). The molecule has 1 aliphatic carbocycles. The van der Waals surface area contributed by atoms with Gasteiger partial charge in [-0.2, -0.15) is 0 Å². The number of carbonyl (C=O) groups excluding carboxylic acids is 1. The van der Waals surface area contributed by atoms with Crippen molar-refractivity contribution in [1.29, 1.82) is 0 Å². The summed E-state index contributed by atoms with van der Waals surface area (Å²) in [7, 11) is 0. The van der Waals surface area contributed by atoms with Gasteiger partial charge in [0, 0.05) is 6.04 Å². The highest BCUT2D eigenvalue weighted by Crippen LogP contribution is 2.34. The van der Waals surface area contributed by atoms with E-state index in [-0.39, 0.29) is 25.0 Å². The van der Waals surface area contributed by atoms with Crippen molar-refractivity contribution in [2.75, 3.05) is 6.61 Å². The second kappa shape index (κ2) is 7.11. The number of aryl methyl sites for hydroxylation is 1. The number of rotatable bonds is 8. The van der Waals surface area contributed by atoms with Gasteiger partial charge < -0.3 is 15.2 Å². The molecule has 1 aromatic rings. The molecule has 1 aromatic carbocycles. The van der Waals surface area contributed by atoms with Crippen LogP contribution < -0.4 is 10.1 Å². The van der Waals surface area contributed by atoms with Crippen molar-refractivity contribution >= 4 is 11.9 Å². The largest absolute Gasteiger partial charge is 0.484 e. The van der Waals surface area contributed by atoms with Crippen LogP contribution in [0.1, 0.15) is 31.7 Å². The standard InChI is InChI=1S/C16H21NO4/c1-2-11-4-3-5-13(8-11)21-10-15(18)17-14(9-16(19)20)12-6-7-12/h3-5,8,12,14H,2,6-7,9-10H2,1H3,(H,17,18)(H,19,20). The smallest absolute Gasteiger partial charge is 0.305 e. The van der Waals surface area contributed by atoms with E-state index in [2.05, 4.69) is 12.2 Å². The molecular formula is C16H21NO4. The van der Waals surface area contributed by atoms with E-state index in [1.54, 1.807) is 0 Å². The second-order valence-electron chi connectivity index (χ2n) is 5.40. The molecule has 5 heteroatoms. The van der Waals surface area contributed by atoms with Crippen LogP contribution in [0.2, 0.25) is 0 Å². The van der Waals surface area contributed by atoms with Gasteiger partial charge in [-0.25, -0.2) is 0 Å². The Morgan fingerprint density at radius 1 is 1.43 bits per heavy atom. The third kappa shape index (κ3) is 5.10. The van der Waals surface area contributed by atoms with E-state index in [4.69, 9.17) is 9.84 Å². The molecule has 1 aliphatic rings. The van der Waals surface area contributed by atoms with Crippen LogP contribution in [0.25, 0.3) is 0 Å². The second-order valence-corrected chi connectivity index (χ2v) is 5.40. The molecule has 2 N–H and O–H groups in total. The molecule has 114 valence electrons. The molecule has 0 aromatic heterocycles. The van der Waals surface area contributed by atoms with Crippen LogP contribution in [0.15, 0.2) is 24.3 Å².